The second-order valence-corrected chi connectivity index (χ2v) is 7.50. The fourth-order valence-corrected chi connectivity index (χ4v) is 3.00. The quantitative estimate of drug-likeness (QED) is 0.580. The molecule has 1 N–H and O–H groups in total. The smallest absolute Gasteiger partial charge is 0.257 e. The molecular weight excluding hydrogens is 402 g/mol. The van der Waals surface area contributed by atoms with Crippen LogP contribution in [0.3, 0.4) is 0 Å². The molecule has 0 saturated heterocycles. The van der Waals surface area contributed by atoms with Crippen molar-refractivity contribution in [3.05, 3.63) is 63.1 Å². The van der Waals surface area contributed by atoms with E-state index in [-0.39, 0.29) is 12.5 Å². The summed E-state index contributed by atoms with van der Waals surface area (Å²) in [6.45, 7) is 4.92. The van der Waals surface area contributed by atoms with E-state index < -0.39 is 0 Å². The summed E-state index contributed by atoms with van der Waals surface area (Å²) in [6, 6.07) is 13.7. The molecule has 0 atom stereocenters. The van der Waals surface area contributed by atoms with Crippen LogP contribution in [-0.2, 0) is 11.2 Å². The van der Waals surface area contributed by atoms with Crippen molar-refractivity contribution in [2.75, 3.05) is 13.2 Å². The van der Waals surface area contributed by atoms with Crippen molar-refractivity contribution in [3.63, 3.8) is 0 Å². The molecule has 2 rings (SSSR count). The van der Waals surface area contributed by atoms with Crippen molar-refractivity contribution in [3.8, 4) is 5.75 Å². The molecule has 2 aromatic rings. The van der Waals surface area contributed by atoms with Crippen molar-refractivity contribution in [2.45, 2.75) is 32.6 Å². The molecule has 25 heavy (non-hydrogen) atoms. The Morgan fingerprint density at radius 2 is 1.92 bits per heavy atom. The lowest BCUT2D eigenvalue weighted by Crippen LogP contribution is -2.30. The third kappa shape index (κ3) is 6.71. The molecule has 0 aromatic heterocycles. The van der Waals surface area contributed by atoms with Crippen LogP contribution in [0, 0.1) is 0 Å². The number of hydrogen-bond acceptors (Lipinski definition) is 2. The Bertz CT molecular complexity index is 701. The maximum Gasteiger partial charge on any atom is 0.257 e. The Morgan fingerprint density at radius 3 is 2.56 bits per heavy atom. The lowest BCUT2D eigenvalue weighted by Gasteiger charge is -2.11. The van der Waals surface area contributed by atoms with Gasteiger partial charge in [0.15, 0.2) is 6.61 Å². The van der Waals surface area contributed by atoms with Crippen LogP contribution >= 0.6 is 27.5 Å². The minimum Gasteiger partial charge on any atom is -0.483 e. The number of carbonyl (C=O) groups excluding carboxylic acids is 1. The van der Waals surface area contributed by atoms with Gasteiger partial charge in [-0.25, -0.2) is 0 Å². The first-order valence-electron chi connectivity index (χ1n) is 8.39. The van der Waals surface area contributed by atoms with Crippen molar-refractivity contribution < 1.29 is 9.53 Å². The summed E-state index contributed by atoms with van der Waals surface area (Å²) in [5.74, 6) is 1.02. The molecule has 0 radical (unpaired) electrons. The van der Waals surface area contributed by atoms with E-state index in [4.69, 9.17) is 16.3 Å². The second kappa shape index (κ2) is 9.83. The number of ether oxygens (including phenoxy) is 1. The number of carbonyl (C=O) groups is 1. The maximum absolute atomic E-state index is 11.9. The van der Waals surface area contributed by atoms with E-state index in [1.807, 2.05) is 42.5 Å². The highest BCUT2D eigenvalue weighted by Gasteiger charge is 2.08. The zero-order valence-corrected chi connectivity index (χ0v) is 16.9. The molecule has 0 aliphatic carbocycles. The number of aryl methyl sites for hydroxylation is 1. The normalized spacial score (nSPS) is 10.8. The topological polar surface area (TPSA) is 38.3 Å². The SMILES string of the molecule is CC(C)c1ccc(OCC(=O)NCCCc2ccc(Cl)cc2)c(Br)c1. The van der Waals surface area contributed by atoms with E-state index >= 15 is 0 Å². The fourth-order valence-electron chi connectivity index (χ4n) is 2.36. The van der Waals surface area contributed by atoms with E-state index in [1.54, 1.807) is 0 Å². The summed E-state index contributed by atoms with van der Waals surface area (Å²) in [5.41, 5.74) is 2.44. The molecule has 3 nitrogen and oxygen atoms in total. The van der Waals surface area contributed by atoms with Gasteiger partial charge >= 0.3 is 0 Å². The van der Waals surface area contributed by atoms with Crippen LogP contribution in [0.2, 0.25) is 5.02 Å². The predicted molar refractivity (Wildman–Crippen MR) is 107 cm³/mol. The molecule has 2 aromatic carbocycles. The molecule has 0 spiro atoms. The van der Waals surface area contributed by atoms with Gasteiger partial charge in [0.2, 0.25) is 0 Å². The Hall–Kier alpha value is -1.52. The monoisotopic (exact) mass is 423 g/mol. The average molecular weight is 425 g/mol. The third-order valence-electron chi connectivity index (χ3n) is 3.86. The van der Waals surface area contributed by atoms with Crippen molar-refractivity contribution in [1.82, 2.24) is 5.32 Å². The Balaban J connectivity index is 1.69. The van der Waals surface area contributed by atoms with Gasteiger partial charge in [-0.2, -0.15) is 0 Å². The van der Waals surface area contributed by atoms with Crippen LogP contribution in [0.15, 0.2) is 46.9 Å². The minimum absolute atomic E-state index is 0.0145. The van der Waals surface area contributed by atoms with E-state index in [0.717, 1.165) is 22.3 Å². The molecule has 134 valence electrons. The van der Waals surface area contributed by atoms with Gasteiger partial charge in [-0.15, -0.1) is 0 Å². The number of amides is 1. The molecule has 1 amide bonds. The average Bonchev–Trinajstić information content (AvgIpc) is 2.59. The second-order valence-electron chi connectivity index (χ2n) is 6.21. The molecule has 0 aliphatic heterocycles. The number of rotatable bonds is 8. The molecule has 0 heterocycles. The highest BCUT2D eigenvalue weighted by Crippen LogP contribution is 2.28. The maximum atomic E-state index is 11.9. The van der Waals surface area contributed by atoms with Gasteiger partial charge in [0.1, 0.15) is 5.75 Å². The largest absolute Gasteiger partial charge is 0.483 e. The first-order chi connectivity index (χ1) is 12.0. The Morgan fingerprint density at radius 1 is 1.20 bits per heavy atom. The standard InChI is InChI=1S/C20H23BrClNO2/c1-14(2)16-7-10-19(18(21)12-16)25-13-20(24)23-11-3-4-15-5-8-17(22)9-6-15/h5-10,12,14H,3-4,11,13H2,1-2H3,(H,23,24). The molecule has 0 aliphatic rings. The highest BCUT2D eigenvalue weighted by atomic mass is 79.9. The van der Waals surface area contributed by atoms with E-state index in [9.17, 15) is 4.79 Å². The third-order valence-corrected chi connectivity index (χ3v) is 4.73. The van der Waals surface area contributed by atoms with Crippen LogP contribution < -0.4 is 10.1 Å². The molecular formula is C20H23BrClNO2. The summed E-state index contributed by atoms with van der Waals surface area (Å²) in [4.78, 5) is 11.9. The molecule has 0 saturated carbocycles. The zero-order valence-electron chi connectivity index (χ0n) is 14.5. The lowest BCUT2D eigenvalue weighted by atomic mass is 10.0. The lowest BCUT2D eigenvalue weighted by molar-refractivity contribution is -0.123. The van der Waals surface area contributed by atoms with Crippen LogP contribution in [0.5, 0.6) is 5.75 Å². The van der Waals surface area contributed by atoms with Crippen molar-refractivity contribution >= 4 is 33.4 Å². The Labute approximate surface area is 162 Å². The first-order valence-corrected chi connectivity index (χ1v) is 9.56. The number of nitrogens with one attached hydrogen (secondary N) is 1. The van der Waals surface area contributed by atoms with Gasteiger partial charge in [0, 0.05) is 11.6 Å². The summed E-state index contributed by atoms with van der Waals surface area (Å²) >= 11 is 9.35. The van der Waals surface area contributed by atoms with Gasteiger partial charge in [0.05, 0.1) is 4.47 Å². The van der Waals surface area contributed by atoms with Crippen LogP contribution in [0.4, 0.5) is 0 Å². The summed E-state index contributed by atoms with van der Waals surface area (Å²) in [7, 11) is 0. The first kappa shape index (κ1) is 19.8. The number of benzene rings is 2. The zero-order chi connectivity index (χ0) is 18.2. The van der Waals surface area contributed by atoms with Gasteiger partial charge in [-0.05, 0) is 70.1 Å². The van der Waals surface area contributed by atoms with Gasteiger partial charge < -0.3 is 10.1 Å². The van der Waals surface area contributed by atoms with Gasteiger partial charge in [-0.3, -0.25) is 4.79 Å². The summed E-state index contributed by atoms with van der Waals surface area (Å²) in [6.07, 6.45) is 1.78. The van der Waals surface area contributed by atoms with Crippen molar-refractivity contribution in [2.24, 2.45) is 0 Å². The number of hydrogen-bond donors (Lipinski definition) is 1. The molecule has 0 bridgehead atoms. The van der Waals surface area contributed by atoms with Crippen LogP contribution in [0.1, 0.15) is 37.3 Å². The number of halogens is 2. The summed E-state index contributed by atoms with van der Waals surface area (Å²) in [5, 5.41) is 3.62. The minimum atomic E-state index is -0.115. The predicted octanol–water partition coefficient (Wildman–Crippen LogP) is 5.35. The van der Waals surface area contributed by atoms with E-state index in [1.165, 1.54) is 11.1 Å². The Kier molecular flexibility index (Phi) is 7.79. The summed E-state index contributed by atoms with van der Waals surface area (Å²) < 4.78 is 6.46. The van der Waals surface area contributed by atoms with Crippen LogP contribution in [0.25, 0.3) is 0 Å². The van der Waals surface area contributed by atoms with Gasteiger partial charge in [0.25, 0.3) is 5.91 Å². The molecule has 5 heteroatoms. The molecule has 0 fully saturated rings. The van der Waals surface area contributed by atoms with Crippen molar-refractivity contribution in [1.29, 1.82) is 0 Å². The fraction of sp³-hybridized carbons (Fsp3) is 0.350. The highest BCUT2D eigenvalue weighted by molar-refractivity contribution is 9.10. The van der Waals surface area contributed by atoms with E-state index in [2.05, 4.69) is 35.1 Å². The van der Waals surface area contributed by atoms with E-state index in [0.29, 0.717) is 18.2 Å². The van der Waals surface area contributed by atoms with Crippen LogP contribution in [-0.4, -0.2) is 19.1 Å². The molecule has 0 unspecified atom stereocenters. The van der Waals surface area contributed by atoms with Gasteiger partial charge in [-0.1, -0.05) is 43.6 Å².